The van der Waals surface area contributed by atoms with Gasteiger partial charge in [0.1, 0.15) is 12.4 Å². The molecule has 1 heterocycles. The number of para-hydroxylation sites is 1. The lowest BCUT2D eigenvalue weighted by atomic mass is 10.2. The van der Waals surface area contributed by atoms with Gasteiger partial charge in [-0.1, -0.05) is 18.2 Å². The Kier molecular flexibility index (Phi) is 4.88. The van der Waals surface area contributed by atoms with E-state index in [0.29, 0.717) is 12.5 Å². The molecule has 0 amide bonds. The summed E-state index contributed by atoms with van der Waals surface area (Å²) in [5.41, 5.74) is 3.02. The molecule has 102 valence electrons. The van der Waals surface area contributed by atoms with Crippen LogP contribution in [0.1, 0.15) is 23.9 Å². The lowest BCUT2D eigenvalue weighted by Crippen LogP contribution is -2.07. The van der Waals surface area contributed by atoms with E-state index < -0.39 is 0 Å². The van der Waals surface area contributed by atoms with E-state index in [4.69, 9.17) is 16.3 Å². The Morgan fingerprint density at radius 2 is 2.11 bits per heavy atom. The molecule has 0 aliphatic carbocycles. The van der Waals surface area contributed by atoms with Gasteiger partial charge in [-0.2, -0.15) is 5.10 Å². The molecule has 0 spiro atoms. The van der Waals surface area contributed by atoms with Gasteiger partial charge < -0.3 is 4.74 Å². The van der Waals surface area contributed by atoms with Crippen LogP contribution in [0.15, 0.2) is 28.7 Å². The molecule has 0 bridgehead atoms. The maximum absolute atomic E-state index is 5.90. The number of aromatic nitrogens is 2. The minimum absolute atomic E-state index is 0.448. The molecule has 19 heavy (non-hydrogen) atoms. The molecule has 0 fully saturated rings. The first-order valence-electron chi connectivity index (χ1n) is 6.15. The fourth-order valence-corrected chi connectivity index (χ4v) is 2.53. The zero-order valence-electron chi connectivity index (χ0n) is 11.0. The van der Waals surface area contributed by atoms with Crippen molar-refractivity contribution in [2.45, 2.75) is 32.9 Å². The molecule has 3 nitrogen and oxygen atoms in total. The lowest BCUT2D eigenvalue weighted by molar-refractivity contribution is 0.289. The Hall–Kier alpha value is -1.00. The summed E-state index contributed by atoms with van der Waals surface area (Å²) < 4.78 is 8.83. The Morgan fingerprint density at radius 1 is 1.37 bits per heavy atom. The summed E-state index contributed by atoms with van der Waals surface area (Å²) in [5, 5.41) is 4.45. The Labute approximate surface area is 126 Å². The highest BCUT2D eigenvalue weighted by atomic mass is 79.9. The molecule has 0 N–H and O–H groups in total. The van der Waals surface area contributed by atoms with Crippen LogP contribution in [0.2, 0.25) is 0 Å². The van der Waals surface area contributed by atoms with Crippen molar-refractivity contribution in [2.24, 2.45) is 0 Å². The number of hydrogen-bond donors (Lipinski definition) is 0. The Bertz CT molecular complexity index is 569. The van der Waals surface area contributed by atoms with Crippen LogP contribution in [0, 0.1) is 6.92 Å². The maximum atomic E-state index is 5.90. The second kappa shape index (κ2) is 6.44. The Morgan fingerprint density at radius 3 is 2.79 bits per heavy atom. The number of rotatable bonds is 5. The molecule has 0 atom stereocenters. The van der Waals surface area contributed by atoms with Gasteiger partial charge in [-0.15, -0.1) is 11.6 Å². The second-order valence-electron chi connectivity index (χ2n) is 4.19. The number of nitrogens with zero attached hydrogens (tertiary/aromatic N) is 2. The molecule has 0 saturated carbocycles. The molecule has 2 rings (SSSR count). The predicted octanol–water partition coefficient (Wildman–Crippen LogP) is 4.29. The third kappa shape index (κ3) is 3.12. The van der Waals surface area contributed by atoms with Gasteiger partial charge in [0.05, 0.1) is 21.7 Å². The second-order valence-corrected chi connectivity index (χ2v) is 5.25. The summed E-state index contributed by atoms with van der Waals surface area (Å²) in [6.45, 7) is 5.34. The van der Waals surface area contributed by atoms with Gasteiger partial charge >= 0.3 is 0 Å². The average Bonchev–Trinajstić information content (AvgIpc) is 2.72. The van der Waals surface area contributed by atoms with Crippen LogP contribution in [0.3, 0.4) is 0 Å². The lowest BCUT2D eigenvalue weighted by Gasteiger charge is -2.11. The van der Waals surface area contributed by atoms with Crippen molar-refractivity contribution in [1.29, 1.82) is 0 Å². The minimum Gasteiger partial charge on any atom is -0.487 e. The molecule has 0 radical (unpaired) electrons. The van der Waals surface area contributed by atoms with E-state index in [-0.39, 0.29) is 0 Å². The molecule has 1 aromatic carbocycles. The number of benzene rings is 1. The SMILES string of the molecule is CCn1nc(C)c(Br)c1COc1ccccc1CCl. The highest BCUT2D eigenvalue weighted by molar-refractivity contribution is 9.10. The molecule has 0 aliphatic rings. The first kappa shape index (κ1) is 14.4. The highest BCUT2D eigenvalue weighted by Gasteiger charge is 2.13. The zero-order chi connectivity index (χ0) is 13.8. The maximum Gasteiger partial charge on any atom is 0.131 e. The van der Waals surface area contributed by atoms with Crippen LogP contribution in [0.5, 0.6) is 5.75 Å². The quantitative estimate of drug-likeness (QED) is 0.757. The van der Waals surface area contributed by atoms with E-state index >= 15 is 0 Å². The van der Waals surface area contributed by atoms with Crippen LogP contribution in [0.4, 0.5) is 0 Å². The summed E-state index contributed by atoms with van der Waals surface area (Å²) in [6, 6.07) is 7.81. The monoisotopic (exact) mass is 342 g/mol. The number of halogens is 2. The molecular formula is C14H16BrClN2O. The average molecular weight is 344 g/mol. The molecule has 5 heteroatoms. The summed E-state index contributed by atoms with van der Waals surface area (Å²) in [6.07, 6.45) is 0. The molecule has 0 saturated heterocycles. The molecule has 1 aromatic heterocycles. The normalized spacial score (nSPS) is 10.7. The molecule has 2 aromatic rings. The van der Waals surface area contributed by atoms with Crippen LogP contribution in [-0.2, 0) is 19.0 Å². The summed E-state index contributed by atoms with van der Waals surface area (Å²) in [7, 11) is 0. The van der Waals surface area contributed by atoms with Crippen LogP contribution >= 0.6 is 27.5 Å². The molecule has 0 unspecified atom stereocenters. The van der Waals surface area contributed by atoms with Crippen LogP contribution in [0.25, 0.3) is 0 Å². The number of alkyl halides is 1. The predicted molar refractivity (Wildman–Crippen MR) is 80.7 cm³/mol. The third-order valence-electron chi connectivity index (χ3n) is 2.93. The van der Waals surface area contributed by atoms with E-state index in [2.05, 4.69) is 28.0 Å². The van der Waals surface area contributed by atoms with Crippen molar-refractivity contribution < 1.29 is 4.74 Å². The van der Waals surface area contributed by atoms with Gasteiger partial charge in [-0.3, -0.25) is 4.68 Å². The number of aryl methyl sites for hydroxylation is 2. The first-order valence-corrected chi connectivity index (χ1v) is 7.48. The van der Waals surface area contributed by atoms with Crippen molar-refractivity contribution in [3.05, 3.63) is 45.7 Å². The Balaban J connectivity index is 2.19. The van der Waals surface area contributed by atoms with Gasteiger partial charge in [0.25, 0.3) is 0 Å². The number of hydrogen-bond acceptors (Lipinski definition) is 2. The number of ether oxygens (including phenoxy) is 1. The van der Waals surface area contributed by atoms with Crippen molar-refractivity contribution in [3.63, 3.8) is 0 Å². The fourth-order valence-electron chi connectivity index (χ4n) is 1.91. The smallest absolute Gasteiger partial charge is 0.131 e. The van der Waals surface area contributed by atoms with Crippen molar-refractivity contribution in [2.75, 3.05) is 0 Å². The van der Waals surface area contributed by atoms with Crippen LogP contribution < -0.4 is 4.74 Å². The van der Waals surface area contributed by atoms with Gasteiger partial charge in [0, 0.05) is 12.1 Å². The fraction of sp³-hybridized carbons (Fsp3) is 0.357. The van der Waals surface area contributed by atoms with Crippen molar-refractivity contribution in [1.82, 2.24) is 9.78 Å². The summed E-state index contributed by atoms with van der Waals surface area (Å²) in [4.78, 5) is 0. The van der Waals surface area contributed by atoms with Crippen LogP contribution in [-0.4, -0.2) is 9.78 Å². The van der Waals surface area contributed by atoms with Crippen molar-refractivity contribution >= 4 is 27.5 Å². The topological polar surface area (TPSA) is 27.1 Å². The van der Waals surface area contributed by atoms with E-state index in [0.717, 1.165) is 33.7 Å². The van der Waals surface area contributed by atoms with Gasteiger partial charge in [0.2, 0.25) is 0 Å². The largest absolute Gasteiger partial charge is 0.487 e. The van der Waals surface area contributed by atoms with E-state index in [1.54, 1.807) is 0 Å². The van der Waals surface area contributed by atoms with Gasteiger partial charge in [-0.05, 0) is 35.8 Å². The minimum atomic E-state index is 0.448. The summed E-state index contributed by atoms with van der Waals surface area (Å²) in [5.74, 6) is 1.27. The van der Waals surface area contributed by atoms with E-state index in [1.165, 1.54) is 0 Å². The molecule has 0 aliphatic heterocycles. The highest BCUT2D eigenvalue weighted by Crippen LogP contribution is 2.25. The van der Waals surface area contributed by atoms with Gasteiger partial charge in [0.15, 0.2) is 0 Å². The van der Waals surface area contributed by atoms with Gasteiger partial charge in [-0.25, -0.2) is 0 Å². The van der Waals surface area contributed by atoms with Crippen molar-refractivity contribution in [3.8, 4) is 5.75 Å². The summed E-state index contributed by atoms with van der Waals surface area (Å²) >= 11 is 9.46. The first-order chi connectivity index (χ1) is 9.17. The molecular weight excluding hydrogens is 328 g/mol. The van der Waals surface area contributed by atoms with E-state index in [1.807, 2.05) is 35.9 Å². The third-order valence-corrected chi connectivity index (χ3v) is 4.25. The zero-order valence-corrected chi connectivity index (χ0v) is 13.3. The van der Waals surface area contributed by atoms with E-state index in [9.17, 15) is 0 Å². The standard InChI is InChI=1S/C14H16BrClN2O/c1-3-18-12(14(15)10(2)17-18)9-19-13-7-5-4-6-11(13)8-16/h4-7H,3,8-9H2,1-2H3.